The summed E-state index contributed by atoms with van der Waals surface area (Å²) in [5, 5.41) is 3.00. The van der Waals surface area contributed by atoms with Crippen molar-refractivity contribution < 1.29 is 14.3 Å². The Balaban J connectivity index is 2.03. The summed E-state index contributed by atoms with van der Waals surface area (Å²) >= 11 is 0. The van der Waals surface area contributed by atoms with E-state index in [0.717, 1.165) is 27.9 Å². The third kappa shape index (κ3) is 4.76. The molecule has 0 heterocycles. The number of likely N-dealkylation sites (N-methyl/N-ethyl adjacent to an activating group) is 1. The lowest BCUT2D eigenvalue weighted by Gasteiger charge is -2.20. The molecule has 0 aliphatic rings. The summed E-state index contributed by atoms with van der Waals surface area (Å²) in [5.74, 6) is 1.38. The molecule has 0 saturated carbocycles. The van der Waals surface area contributed by atoms with Crippen molar-refractivity contribution in [2.24, 2.45) is 0 Å². The first-order valence-corrected chi connectivity index (χ1v) is 8.61. The van der Waals surface area contributed by atoms with E-state index in [1.165, 1.54) is 0 Å². The second-order valence-corrected chi connectivity index (χ2v) is 6.60. The average Bonchev–Trinajstić information content (AvgIpc) is 2.60. The van der Waals surface area contributed by atoms with Gasteiger partial charge in [-0.2, -0.15) is 0 Å². The quantitative estimate of drug-likeness (QED) is 0.822. The highest BCUT2D eigenvalue weighted by atomic mass is 16.5. The zero-order chi connectivity index (χ0) is 19.3. The normalized spacial score (nSPS) is 10.7. The van der Waals surface area contributed by atoms with Gasteiger partial charge < -0.3 is 14.8 Å². The van der Waals surface area contributed by atoms with Crippen LogP contribution >= 0.6 is 0 Å². The second-order valence-electron chi connectivity index (χ2n) is 6.60. The maximum absolute atomic E-state index is 12.4. The summed E-state index contributed by atoms with van der Waals surface area (Å²) in [4.78, 5) is 14.4. The van der Waals surface area contributed by atoms with Crippen LogP contribution in [-0.2, 0) is 11.3 Å². The molecule has 1 N–H and O–H groups in total. The van der Waals surface area contributed by atoms with Crippen LogP contribution in [0.5, 0.6) is 11.5 Å². The summed E-state index contributed by atoms with van der Waals surface area (Å²) in [6.07, 6.45) is 0. The third-order valence-corrected chi connectivity index (χ3v) is 4.57. The molecule has 5 nitrogen and oxygen atoms in total. The first-order chi connectivity index (χ1) is 12.3. The van der Waals surface area contributed by atoms with E-state index in [4.69, 9.17) is 9.47 Å². The molecule has 0 aliphatic heterocycles. The molecular formula is C21H28N2O3. The molecule has 0 unspecified atom stereocenters. The maximum atomic E-state index is 12.4. The number of carbonyl (C=O) groups excluding carboxylic acids is 1. The third-order valence-electron chi connectivity index (χ3n) is 4.57. The van der Waals surface area contributed by atoms with Crippen molar-refractivity contribution in [2.45, 2.75) is 27.3 Å². The van der Waals surface area contributed by atoms with Gasteiger partial charge in [-0.25, -0.2) is 0 Å². The minimum absolute atomic E-state index is 0.0284. The van der Waals surface area contributed by atoms with E-state index in [1.807, 2.05) is 63.1 Å². The Morgan fingerprint density at radius 3 is 2.35 bits per heavy atom. The van der Waals surface area contributed by atoms with Crippen molar-refractivity contribution in [3.05, 3.63) is 52.6 Å². The highest BCUT2D eigenvalue weighted by molar-refractivity contribution is 5.93. The standard InChI is InChI=1S/C21H28N2O3/c1-14-8-7-9-18(16(14)3)22-21(24)13-23(4)12-17-11-20(26-6)19(25-5)10-15(17)2/h7-11H,12-13H2,1-6H3,(H,22,24). The number of hydrogen-bond acceptors (Lipinski definition) is 4. The number of benzene rings is 2. The lowest BCUT2D eigenvalue weighted by atomic mass is 10.1. The predicted molar refractivity (Wildman–Crippen MR) is 105 cm³/mol. The number of ether oxygens (including phenoxy) is 2. The lowest BCUT2D eigenvalue weighted by molar-refractivity contribution is -0.117. The molecule has 0 radical (unpaired) electrons. The SMILES string of the molecule is COc1cc(C)c(CN(C)CC(=O)Nc2cccc(C)c2C)cc1OC. The van der Waals surface area contributed by atoms with Crippen LogP contribution in [0.3, 0.4) is 0 Å². The molecule has 0 fully saturated rings. The molecular weight excluding hydrogens is 328 g/mol. The number of nitrogens with zero attached hydrogens (tertiary/aromatic N) is 1. The number of anilines is 1. The molecule has 2 aromatic rings. The van der Waals surface area contributed by atoms with Crippen molar-refractivity contribution >= 4 is 11.6 Å². The summed E-state index contributed by atoms with van der Waals surface area (Å²) in [6.45, 7) is 7.04. The Hall–Kier alpha value is -2.53. The van der Waals surface area contributed by atoms with Gasteiger partial charge in [0.05, 0.1) is 20.8 Å². The Labute approximate surface area is 155 Å². The van der Waals surface area contributed by atoms with Crippen LogP contribution in [0.4, 0.5) is 5.69 Å². The van der Waals surface area contributed by atoms with Crippen molar-refractivity contribution in [3.8, 4) is 11.5 Å². The molecule has 0 aliphatic carbocycles. The van der Waals surface area contributed by atoms with E-state index in [1.54, 1.807) is 14.2 Å². The summed E-state index contributed by atoms with van der Waals surface area (Å²) in [7, 11) is 5.18. The zero-order valence-electron chi connectivity index (χ0n) is 16.5. The number of hydrogen-bond donors (Lipinski definition) is 1. The molecule has 140 valence electrons. The summed E-state index contributed by atoms with van der Waals surface area (Å²) < 4.78 is 10.7. The molecule has 0 saturated heterocycles. The number of nitrogens with one attached hydrogen (secondary N) is 1. The van der Waals surface area contributed by atoms with Gasteiger partial charge in [-0.15, -0.1) is 0 Å². The largest absolute Gasteiger partial charge is 0.493 e. The number of methoxy groups -OCH3 is 2. The van der Waals surface area contributed by atoms with Crippen molar-refractivity contribution in [3.63, 3.8) is 0 Å². The van der Waals surface area contributed by atoms with Crippen LogP contribution in [0.1, 0.15) is 22.3 Å². The zero-order valence-corrected chi connectivity index (χ0v) is 16.5. The number of carbonyl (C=O) groups is 1. The molecule has 2 aromatic carbocycles. The number of aryl methyl sites for hydroxylation is 2. The molecule has 26 heavy (non-hydrogen) atoms. The van der Waals surface area contributed by atoms with Gasteiger partial charge in [0.2, 0.25) is 5.91 Å². The van der Waals surface area contributed by atoms with Gasteiger partial charge in [-0.05, 0) is 68.3 Å². The maximum Gasteiger partial charge on any atom is 0.238 e. The van der Waals surface area contributed by atoms with Gasteiger partial charge in [-0.3, -0.25) is 9.69 Å². The van der Waals surface area contributed by atoms with Gasteiger partial charge >= 0.3 is 0 Å². The van der Waals surface area contributed by atoms with E-state index >= 15 is 0 Å². The molecule has 0 aromatic heterocycles. The fraction of sp³-hybridized carbons (Fsp3) is 0.381. The average molecular weight is 356 g/mol. The molecule has 0 atom stereocenters. The van der Waals surface area contributed by atoms with Crippen LogP contribution in [0.2, 0.25) is 0 Å². The summed E-state index contributed by atoms with van der Waals surface area (Å²) in [5.41, 5.74) is 5.33. The van der Waals surface area contributed by atoms with Crippen LogP contribution in [0.15, 0.2) is 30.3 Å². The molecule has 0 spiro atoms. The van der Waals surface area contributed by atoms with Crippen molar-refractivity contribution in [1.82, 2.24) is 4.90 Å². The molecule has 1 amide bonds. The first-order valence-electron chi connectivity index (χ1n) is 8.61. The number of rotatable bonds is 7. The lowest BCUT2D eigenvalue weighted by Crippen LogP contribution is -2.30. The molecule has 0 bridgehead atoms. The Morgan fingerprint density at radius 1 is 1.04 bits per heavy atom. The van der Waals surface area contributed by atoms with Gasteiger partial charge in [0.1, 0.15) is 0 Å². The van der Waals surface area contributed by atoms with Crippen molar-refractivity contribution in [1.29, 1.82) is 0 Å². The molecule has 2 rings (SSSR count). The monoisotopic (exact) mass is 356 g/mol. The van der Waals surface area contributed by atoms with E-state index < -0.39 is 0 Å². The van der Waals surface area contributed by atoms with Gasteiger partial charge in [-0.1, -0.05) is 12.1 Å². The minimum Gasteiger partial charge on any atom is -0.493 e. The van der Waals surface area contributed by atoms with E-state index in [9.17, 15) is 4.79 Å². The second kappa shape index (κ2) is 8.72. The van der Waals surface area contributed by atoms with Crippen LogP contribution in [0.25, 0.3) is 0 Å². The van der Waals surface area contributed by atoms with Crippen LogP contribution < -0.4 is 14.8 Å². The van der Waals surface area contributed by atoms with Crippen LogP contribution in [0, 0.1) is 20.8 Å². The Kier molecular flexibility index (Phi) is 6.64. The van der Waals surface area contributed by atoms with E-state index in [0.29, 0.717) is 24.6 Å². The summed E-state index contributed by atoms with van der Waals surface area (Å²) in [6, 6.07) is 9.84. The van der Waals surface area contributed by atoms with Gasteiger partial charge in [0.25, 0.3) is 0 Å². The highest BCUT2D eigenvalue weighted by Crippen LogP contribution is 2.30. The Morgan fingerprint density at radius 2 is 1.69 bits per heavy atom. The molecule has 5 heteroatoms. The fourth-order valence-corrected chi connectivity index (χ4v) is 2.86. The smallest absolute Gasteiger partial charge is 0.238 e. The Bertz CT molecular complexity index is 787. The van der Waals surface area contributed by atoms with Gasteiger partial charge in [0.15, 0.2) is 11.5 Å². The van der Waals surface area contributed by atoms with Crippen molar-refractivity contribution in [2.75, 3.05) is 33.1 Å². The minimum atomic E-state index is -0.0284. The van der Waals surface area contributed by atoms with Gasteiger partial charge in [0, 0.05) is 12.2 Å². The predicted octanol–water partition coefficient (Wildman–Crippen LogP) is 3.70. The van der Waals surface area contributed by atoms with E-state index in [2.05, 4.69) is 5.32 Å². The fourth-order valence-electron chi connectivity index (χ4n) is 2.86. The van der Waals surface area contributed by atoms with E-state index in [-0.39, 0.29) is 5.91 Å². The first kappa shape index (κ1) is 19.8. The van der Waals surface area contributed by atoms with Crippen LogP contribution in [-0.4, -0.2) is 38.6 Å². The topological polar surface area (TPSA) is 50.8 Å². The number of amides is 1. The highest BCUT2D eigenvalue weighted by Gasteiger charge is 2.13.